The fraction of sp³-hybridized carbons (Fsp3) is 0.333. The van der Waals surface area contributed by atoms with Crippen LogP contribution < -0.4 is 5.56 Å². The molecule has 2 aromatic rings. The summed E-state index contributed by atoms with van der Waals surface area (Å²) in [4.78, 5) is 16.0. The van der Waals surface area contributed by atoms with Crippen LogP contribution in [0.2, 0.25) is 0 Å². The van der Waals surface area contributed by atoms with Crippen molar-refractivity contribution in [2.75, 3.05) is 0 Å². The second kappa shape index (κ2) is 4.43. The molecular formula is C12H13FN2O. The van der Waals surface area contributed by atoms with Crippen LogP contribution in [0.5, 0.6) is 0 Å². The van der Waals surface area contributed by atoms with Crippen molar-refractivity contribution in [2.45, 2.75) is 26.3 Å². The van der Waals surface area contributed by atoms with E-state index in [4.69, 9.17) is 0 Å². The minimum atomic E-state index is -0.370. The van der Waals surface area contributed by atoms with Gasteiger partial charge >= 0.3 is 0 Å². The van der Waals surface area contributed by atoms with Gasteiger partial charge in [0.25, 0.3) is 5.56 Å². The van der Waals surface area contributed by atoms with Crippen molar-refractivity contribution in [3.05, 3.63) is 40.7 Å². The predicted octanol–water partition coefficient (Wildman–Crippen LogP) is 2.34. The minimum absolute atomic E-state index is 0.0987. The third-order valence-electron chi connectivity index (χ3n) is 2.54. The van der Waals surface area contributed by atoms with Gasteiger partial charge in [0.05, 0.1) is 17.2 Å². The van der Waals surface area contributed by atoms with E-state index in [0.717, 1.165) is 12.8 Å². The van der Waals surface area contributed by atoms with Gasteiger partial charge in [0.15, 0.2) is 0 Å². The molecule has 0 radical (unpaired) electrons. The zero-order valence-corrected chi connectivity index (χ0v) is 9.11. The molecule has 0 unspecified atom stereocenters. The Morgan fingerprint density at radius 1 is 1.44 bits per heavy atom. The highest BCUT2D eigenvalue weighted by molar-refractivity contribution is 5.77. The first-order chi connectivity index (χ1) is 7.72. The molecule has 0 aliphatic rings. The molecular weight excluding hydrogens is 207 g/mol. The van der Waals surface area contributed by atoms with E-state index in [1.807, 2.05) is 0 Å². The number of rotatable bonds is 3. The quantitative estimate of drug-likeness (QED) is 0.795. The third kappa shape index (κ3) is 1.96. The molecule has 0 atom stereocenters. The van der Waals surface area contributed by atoms with E-state index in [-0.39, 0.29) is 11.4 Å². The van der Waals surface area contributed by atoms with Crippen LogP contribution in [-0.2, 0) is 6.54 Å². The summed E-state index contributed by atoms with van der Waals surface area (Å²) in [7, 11) is 0. The van der Waals surface area contributed by atoms with Crippen molar-refractivity contribution >= 4 is 10.9 Å². The van der Waals surface area contributed by atoms with Crippen molar-refractivity contribution < 1.29 is 4.39 Å². The van der Waals surface area contributed by atoms with Gasteiger partial charge in [0.1, 0.15) is 5.82 Å². The zero-order valence-electron chi connectivity index (χ0n) is 9.11. The molecule has 0 aliphatic heterocycles. The summed E-state index contributed by atoms with van der Waals surface area (Å²) >= 11 is 0. The standard InChI is InChI=1S/C12H13FN2O/c1-2-3-6-15-8-14-11-7-9(13)4-5-10(11)12(15)16/h4-5,7-8H,2-3,6H2,1H3. The largest absolute Gasteiger partial charge is 0.299 e. The molecule has 0 fully saturated rings. The summed E-state index contributed by atoms with van der Waals surface area (Å²) in [5.41, 5.74) is 0.316. The van der Waals surface area contributed by atoms with Gasteiger partial charge in [0, 0.05) is 12.6 Å². The number of benzene rings is 1. The van der Waals surface area contributed by atoms with Crippen LogP contribution in [0.15, 0.2) is 29.3 Å². The summed E-state index contributed by atoms with van der Waals surface area (Å²) < 4.78 is 14.5. The lowest BCUT2D eigenvalue weighted by atomic mass is 10.2. The number of nitrogens with zero attached hydrogens (tertiary/aromatic N) is 2. The highest BCUT2D eigenvalue weighted by Crippen LogP contribution is 2.08. The Balaban J connectivity index is 2.53. The van der Waals surface area contributed by atoms with Crippen LogP contribution in [0.25, 0.3) is 10.9 Å². The molecule has 3 nitrogen and oxygen atoms in total. The molecule has 4 heteroatoms. The first-order valence-electron chi connectivity index (χ1n) is 5.37. The van der Waals surface area contributed by atoms with Gasteiger partial charge < -0.3 is 0 Å². The van der Waals surface area contributed by atoms with Crippen molar-refractivity contribution in [2.24, 2.45) is 0 Å². The van der Waals surface area contributed by atoms with Crippen LogP contribution in [0.1, 0.15) is 19.8 Å². The SMILES string of the molecule is CCCCn1cnc2cc(F)ccc2c1=O. The van der Waals surface area contributed by atoms with Crippen molar-refractivity contribution in [1.82, 2.24) is 9.55 Å². The highest BCUT2D eigenvalue weighted by atomic mass is 19.1. The predicted molar refractivity (Wildman–Crippen MR) is 60.9 cm³/mol. The average Bonchev–Trinajstić information content (AvgIpc) is 2.28. The van der Waals surface area contributed by atoms with Crippen LogP contribution >= 0.6 is 0 Å². The van der Waals surface area contributed by atoms with Crippen molar-refractivity contribution in [3.63, 3.8) is 0 Å². The highest BCUT2D eigenvalue weighted by Gasteiger charge is 2.04. The summed E-state index contributed by atoms with van der Waals surface area (Å²) in [6.07, 6.45) is 3.45. The molecule has 84 valence electrons. The van der Waals surface area contributed by atoms with Crippen molar-refractivity contribution in [1.29, 1.82) is 0 Å². The fourth-order valence-corrected chi connectivity index (χ4v) is 1.62. The Labute approximate surface area is 92.5 Å². The second-order valence-electron chi connectivity index (χ2n) is 3.76. The maximum atomic E-state index is 12.9. The summed E-state index contributed by atoms with van der Waals surface area (Å²) in [6.45, 7) is 2.73. The van der Waals surface area contributed by atoms with E-state index in [9.17, 15) is 9.18 Å². The number of halogens is 1. The summed E-state index contributed by atoms with van der Waals surface area (Å²) in [6, 6.07) is 4.05. The normalized spacial score (nSPS) is 10.9. The van der Waals surface area contributed by atoms with Gasteiger partial charge in [-0.15, -0.1) is 0 Å². The Bertz CT molecular complexity index is 562. The van der Waals surface area contributed by atoms with Crippen LogP contribution in [-0.4, -0.2) is 9.55 Å². The van der Waals surface area contributed by atoms with Gasteiger partial charge in [-0.3, -0.25) is 9.36 Å². The molecule has 0 N–H and O–H groups in total. The Kier molecular flexibility index (Phi) is 2.99. The van der Waals surface area contributed by atoms with Crippen LogP contribution in [0, 0.1) is 5.82 Å². The van der Waals surface area contributed by atoms with Gasteiger partial charge in [-0.1, -0.05) is 13.3 Å². The number of fused-ring (bicyclic) bond motifs is 1. The fourth-order valence-electron chi connectivity index (χ4n) is 1.62. The van der Waals surface area contributed by atoms with Gasteiger partial charge in [-0.2, -0.15) is 0 Å². The Hall–Kier alpha value is -1.71. The van der Waals surface area contributed by atoms with Gasteiger partial charge in [-0.25, -0.2) is 9.37 Å². The number of aryl methyl sites for hydroxylation is 1. The molecule has 1 aromatic carbocycles. The molecule has 0 saturated heterocycles. The van der Waals surface area contributed by atoms with E-state index in [1.165, 1.54) is 24.5 Å². The summed E-state index contributed by atoms with van der Waals surface area (Å²) in [5, 5.41) is 0.472. The Morgan fingerprint density at radius 2 is 2.25 bits per heavy atom. The van der Waals surface area contributed by atoms with E-state index >= 15 is 0 Å². The third-order valence-corrected chi connectivity index (χ3v) is 2.54. The van der Waals surface area contributed by atoms with Gasteiger partial charge in [-0.05, 0) is 18.6 Å². The van der Waals surface area contributed by atoms with Crippen molar-refractivity contribution in [3.8, 4) is 0 Å². The topological polar surface area (TPSA) is 34.9 Å². The first-order valence-corrected chi connectivity index (χ1v) is 5.37. The van der Waals surface area contributed by atoms with E-state index in [0.29, 0.717) is 17.4 Å². The number of unbranched alkanes of at least 4 members (excludes halogenated alkanes) is 1. The van der Waals surface area contributed by atoms with Crippen LogP contribution in [0.3, 0.4) is 0 Å². The smallest absolute Gasteiger partial charge is 0.261 e. The Morgan fingerprint density at radius 3 is 3.00 bits per heavy atom. The van der Waals surface area contributed by atoms with E-state index in [2.05, 4.69) is 11.9 Å². The average molecular weight is 220 g/mol. The molecule has 2 rings (SSSR count). The number of hydrogen-bond donors (Lipinski definition) is 0. The molecule has 0 spiro atoms. The lowest BCUT2D eigenvalue weighted by Crippen LogP contribution is -2.20. The molecule has 16 heavy (non-hydrogen) atoms. The lowest BCUT2D eigenvalue weighted by Gasteiger charge is -2.05. The van der Waals surface area contributed by atoms with Crippen LogP contribution in [0.4, 0.5) is 4.39 Å². The van der Waals surface area contributed by atoms with E-state index < -0.39 is 0 Å². The lowest BCUT2D eigenvalue weighted by molar-refractivity contribution is 0.607. The first kappa shape index (κ1) is 10.8. The molecule has 0 aliphatic carbocycles. The number of hydrogen-bond acceptors (Lipinski definition) is 2. The molecule has 0 amide bonds. The maximum absolute atomic E-state index is 12.9. The zero-order chi connectivity index (χ0) is 11.5. The van der Waals surface area contributed by atoms with E-state index in [1.54, 1.807) is 4.57 Å². The second-order valence-corrected chi connectivity index (χ2v) is 3.76. The van der Waals surface area contributed by atoms with Gasteiger partial charge in [0.2, 0.25) is 0 Å². The maximum Gasteiger partial charge on any atom is 0.261 e. The molecule has 0 saturated carbocycles. The molecule has 0 bridgehead atoms. The molecule has 1 aromatic heterocycles. The summed E-state index contributed by atoms with van der Waals surface area (Å²) in [5.74, 6) is -0.370. The minimum Gasteiger partial charge on any atom is -0.299 e. The number of aromatic nitrogens is 2. The molecule has 1 heterocycles. The monoisotopic (exact) mass is 220 g/mol.